The lowest BCUT2D eigenvalue weighted by Gasteiger charge is -1.92. The van der Waals surface area contributed by atoms with Gasteiger partial charge in [-0.1, -0.05) is 18.2 Å². The Morgan fingerprint density at radius 1 is 1.00 bits per heavy atom. The minimum atomic E-state index is 0.676. The number of aromatic amines is 2. The van der Waals surface area contributed by atoms with Gasteiger partial charge in [0.05, 0.1) is 11.2 Å². The molecule has 2 N–H and O–H groups in total. The molecular weight excluding hydrogens is 250 g/mol. The molecule has 0 aliphatic rings. The van der Waals surface area contributed by atoms with Crippen LogP contribution >= 0.6 is 0 Å². The van der Waals surface area contributed by atoms with Crippen LogP contribution in [0.1, 0.15) is 10.4 Å². The van der Waals surface area contributed by atoms with Gasteiger partial charge in [-0.25, -0.2) is 0 Å². The SMILES string of the molecule is O=Cc1ccc2[nH]c(-c3n[nH]c4ccccc34)cc2c1. The minimum absolute atomic E-state index is 0.676. The smallest absolute Gasteiger partial charge is 0.150 e. The molecular formula is C16H11N3O. The third-order valence-corrected chi connectivity index (χ3v) is 3.51. The van der Waals surface area contributed by atoms with Gasteiger partial charge in [-0.15, -0.1) is 0 Å². The molecule has 0 aliphatic heterocycles. The van der Waals surface area contributed by atoms with Crippen molar-refractivity contribution in [3.05, 3.63) is 54.1 Å². The van der Waals surface area contributed by atoms with Crippen molar-refractivity contribution in [2.75, 3.05) is 0 Å². The van der Waals surface area contributed by atoms with E-state index in [1.54, 1.807) is 6.07 Å². The first-order chi connectivity index (χ1) is 9.85. The van der Waals surface area contributed by atoms with E-state index in [4.69, 9.17) is 0 Å². The van der Waals surface area contributed by atoms with Gasteiger partial charge < -0.3 is 4.98 Å². The van der Waals surface area contributed by atoms with Gasteiger partial charge in [0, 0.05) is 21.9 Å². The summed E-state index contributed by atoms with van der Waals surface area (Å²) in [5.74, 6) is 0. The molecule has 4 nitrogen and oxygen atoms in total. The third-order valence-electron chi connectivity index (χ3n) is 3.51. The third kappa shape index (κ3) is 1.55. The average Bonchev–Trinajstić information content (AvgIpc) is 3.09. The molecule has 4 aromatic rings. The van der Waals surface area contributed by atoms with Crippen LogP contribution in [-0.4, -0.2) is 21.5 Å². The molecule has 0 amide bonds. The first-order valence-corrected chi connectivity index (χ1v) is 6.36. The lowest BCUT2D eigenvalue weighted by molar-refractivity contribution is 0.112. The molecule has 0 saturated heterocycles. The van der Waals surface area contributed by atoms with Crippen LogP contribution in [0.3, 0.4) is 0 Å². The predicted octanol–water partition coefficient (Wildman–Crippen LogP) is 3.52. The molecule has 0 fully saturated rings. The van der Waals surface area contributed by atoms with Crippen LogP contribution < -0.4 is 0 Å². The number of aldehydes is 1. The standard InChI is InChI=1S/C16H11N3O/c20-9-10-5-6-13-11(7-10)8-15(17-13)16-12-3-1-2-4-14(12)18-19-16/h1-9,17H,(H,18,19). The summed E-state index contributed by atoms with van der Waals surface area (Å²) in [7, 11) is 0. The fourth-order valence-corrected chi connectivity index (χ4v) is 2.52. The monoisotopic (exact) mass is 261 g/mol. The molecule has 2 heterocycles. The van der Waals surface area contributed by atoms with Gasteiger partial charge in [0.1, 0.15) is 12.0 Å². The normalized spacial score (nSPS) is 11.2. The predicted molar refractivity (Wildman–Crippen MR) is 78.8 cm³/mol. The number of para-hydroxylation sites is 1. The van der Waals surface area contributed by atoms with Crippen molar-refractivity contribution in [3.63, 3.8) is 0 Å². The fraction of sp³-hybridized carbons (Fsp3) is 0. The van der Waals surface area contributed by atoms with E-state index < -0.39 is 0 Å². The number of benzene rings is 2. The van der Waals surface area contributed by atoms with Gasteiger partial charge in [0.2, 0.25) is 0 Å². The molecule has 0 bridgehead atoms. The molecule has 4 heteroatoms. The summed E-state index contributed by atoms with van der Waals surface area (Å²) < 4.78 is 0. The maximum absolute atomic E-state index is 10.8. The first-order valence-electron chi connectivity index (χ1n) is 6.36. The van der Waals surface area contributed by atoms with E-state index in [1.807, 2.05) is 42.5 Å². The van der Waals surface area contributed by atoms with E-state index in [9.17, 15) is 4.79 Å². The van der Waals surface area contributed by atoms with E-state index >= 15 is 0 Å². The van der Waals surface area contributed by atoms with Crippen LogP contribution in [-0.2, 0) is 0 Å². The van der Waals surface area contributed by atoms with E-state index in [2.05, 4.69) is 15.2 Å². The van der Waals surface area contributed by atoms with Crippen LogP contribution in [0, 0.1) is 0 Å². The number of nitrogens with zero attached hydrogens (tertiary/aromatic N) is 1. The lowest BCUT2D eigenvalue weighted by Crippen LogP contribution is -1.78. The summed E-state index contributed by atoms with van der Waals surface area (Å²) >= 11 is 0. The summed E-state index contributed by atoms with van der Waals surface area (Å²) in [5.41, 5.74) is 4.52. The Labute approximate surface area is 114 Å². The van der Waals surface area contributed by atoms with Crippen LogP contribution in [0.5, 0.6) is 0 Å². The molecule has 4 rings (SSSR count). The second-order valence-electron chi connectivity index (χ2n) is 4.77. The van der Waals surface area contributed by atoms with Crippen LogP contribution in [0.25, 0.3) is 33.2 Å². The number of carbonyl (C=O) groups excluding carboxylic acids is 1. The minimum Gasteiger partial charge on any atom is -0.353 e. The van der Waals surface area contributed by atoms with Crippen molar-refractivity contribution in [3.8, 4) is 11.4 Å². The summed E-state index contributed by atoms with van der Waals surface area (Å²) in [5, 5.41) is 9.49. The Balaban J connectivity index is 1.95. The molecule has 2 aromatic heterocycles. The lowest BCUT2D eigenvalue weighted by atomic mass is 10.1. The Morgan fingerprint density at radius 2 is 1.90 bits per heavy atom. The second kappa shape index (κ2) is 4.06. The van der Waals surface area contributed by atoms with Crippen molar-refractivity contribution in [1.29, 1.82) is 0 Å². The van der Waals surface area contributed by atoms with Gasteiger partial charge >= 0.3 is 0 Å². The van der Waals surface area contributed by atoms with Gasteiger partial charge in [-0.2, -0.15) is 5.10 Å². The van der Waals surface area contributed by atoms with E-state index in [0.29, 0.717) is 5.56 Å². The summed E-state index contributed by atoms with van der Waals surface area (Å²) in [6, 6.07) is 15.6. The van der Waals surface area contributed by atoms with Gasteiger partial charge in [-0.05, 0) is 30.3 Å². The highest BCUT2D eigenvalue weighted by molar-refractivity contribution is 5.96. The highest BCUT2D eigenvalue weighted by Crippen LogP contribution is 2.28. The Kier molecular flexibility index (Phi) is 2.23. The molecule has 20 heavy (non-hydrogen) atoms. The van der Waals surface area contributed by atoms with Crippen LogP contribution in [0.4, 0.5) is 0 Å². The number of carbonyl (C=O) groups is 1. The Morgan fingerprint density at radius 3 is 2.80 bits per heavy atom. The van der Waals surface area contributed by atoms with E-state index in [0.717, 1.165) is 39.5 Å². The van der Waals surface area contributed by atoms with Crippen molar-refractivity contribution in [2.45, 2.75) is 0 Å². The molecule has 0 saturated carbocycles. The fourth-order valence-electron chi connectivity index (χ4n) is 2.52. The topological polar surface area (TPSA) is 61.5 Å². The molecule has 2 aromatic carbocycles. The zero-order chi connectivity index (χ0) is 13.5. The van der Waals surface area contributed by atoms with Gasteiger partial charge in [0.15, 0.2) is 0 Å². The van der Waals surface area contributed by atoms with Crippen molar-refractivity contribution in [1.82, 2.24) is 15.2 Å². The number of hydrogen-bond acceptors (Lipinski definition) is 2. The maximum atomic E-state index is 10.8. The number of hydrogen-bond donors (Lipinski definition) is 2. The zero-order valence-electron chi connectivity index (χ0n) is 10.6. The zero-order valence-corrected chi connectivity index (χ0v) is 10.6. The molecule has 0 spiro atoms. The summed E-state index contributed by atoms with van der Waals surface area (Å²) in [4.78, 5) is 14.2. The number of rotatable bonds is 2. The largest absolute Gasteiger partial charge is 0.353 e. The molecule has 96 valence electrons. The molecule has 0 atom stereocenters. The number of H-pyrrole nitrogens is 2. The molecule has 0 unspecified atom stereocenters. The second-order valence-corrected chi connectivity index (χ2v) is 4.77. The first kappa shape index (κ1) is 11.0. The molecule has 0 aliphatic carbocycles. The molecule has 0 radical (unpaired) electrons. The quantitative estimate of drug-likeness (QED) is 0.542. The maximum Gasteiger partial charge on any atom is 0.150 e. The Hall–Kier alpha value is -2.88. The number of nitrogens with one attached hydrogen (secondary N) is 2. The van der Waals surface area contributed by atoms with Crippen molar-refractivity contribution >= 4 is 28.1 Å². The highest BCUT2D eigenvalue weighted by Gasteiger charge is 2.10. The highest BCUT2D eigenvalue weighted by atomic mass is 16.1. The van der Waals surface area contributed by atoms with Crippen molar-refractivity contribution in [2.24, 2.45) is 0 Å². The van der Waals surface area contributed by atoms with Crippen LogP contribution in [0.15, 0.2) is 48.5 Å². The Bertz CT molecular complexity index is 933. The summed E-state index contributed by atoms with van der Waals surface area (Å²) in [6.45, 7) is 0. The summed E-state index contributed by atoms with van der Waals surface area (Å²) in [6.07, 6.45) is 0.857. The number of aromatic nitrogens is 3. The van der Waals surface area contributed by atoms with Crippen LogP contribution in [0.2, 0.25) is 0 Å². The van der Waals surface area contributed by atoms with E-state index in [-0.39, 0.29) is 0 Å². The van der Waals surface area contributed by atoms with Gasteiger partial charge in [-0.3, -0.25) is 9.89 Å². The number of fused-ring (bicyclic) bond motifs is 2. The van der Waals surface area contributed by atoms with Crippen molar-refractivity contribution < 1.29 is 4.79 Å². The average molecular weight is 261 g/mol. The van der Waals surface area contributed by atoms with Gasteiger partial charge in [0.25, 0.3) is 0 Å². The van der Waals surface area contributed by atoms with E-state index in [1.165, 1.54) is 0 Å².